The van der Waals surface area contributed by atoms with Gasteiger partial charge in [-0.05, 0) is 6.42 Å². The van der Waals surface area contributed by atoms with Crippen LogP contribution in [0, 0.1) is 0 Å². The molecule has 2 aliphatic rings. The summed E-state index contributed by atoms with van der Waals surface area (Å²) in [7, 11) is 0. The number of nitrogens with two attached hydrogens (primary N) is 1. The Labute approximate surface area is 110 Å². The Kier molecular flexibility index (Phi) is 4.01. The molecule has 8 heteroatoms. The molecule has 1 spiro atoms. The van der Waals surface area contributed by atoms with E-state index in [9.17, 15) is 14.4 Å². The van der Waals surface area contributed by atoms with Gasteiger partial charge in [0.15, 0.2) is 0 Å². The zero-order chi connectivity index (χ0) is 13.9. The Hall–Kier alpha value is -1.67. The number of hydrogen-bond donors (Lipinski definition) is 3. The van der Waals surface area contributed by atoms with Crippen molar-refractivity contribution in [3.05, 3.63) is 0 Å². The van der Waals surface area contributed by atoms with Crippen LogP contribution in [0.5, 0.6) is 0 Å². The first kappa shape index (κ1) is 13.8. The van der Waals surface area contributed by atoms with Gasteiger partial charge in [-0.15, -0.1) is 0 Å². The second-order valence-electron chi connectivity index (χ2n) is 4.75. The Balaban J connectivity index is 1.93. The van der Waals surface area contributed by atoms with Crippen molar-refractivity contribution in [3.63, 3.8) is 0 Å². The maximum absolute atomic E-state index is 12.3. The molecule has 0 unspecified atom stereocenters. The highest BCUT2D eigenvalue weighted by molar-refractivity contribution is 6.07. The maximum atomic E-state index is 12.3. The van der Waals surface area contributed by atoms with Crippen molar-refractivity contribution in [2.45, 2.75) is 31.2 Å². The van der Waals surface area contributed by atoms with E-state index in [1.807, 2.05) is 5.43 Å². The Morgan fingerprint density at radius 1 is 1.42 bits per heavy atom. The highest BCUT2D eigenvalue weighted by Crippen LogP contribution is 2.28. The van der Waals surface area contributed by atoms with Crippen molar-refractivity contribution in [2.24, 2.45) is 5.84 Å². The molecule has 2 heterocycles. The number of carbonyl (C=O) groups excluding carboxylic acids is 3. The van der Waals surface area contributed by atoms with E-state index in [1.165, 1.54) is 4.90 Å². The topological polar surface area (TPSA) is 114 Å². The Morgan fingerprint density at radius 3 is 2.74 bits per heavy atom. The van der Waals surface area contributed by atoms with Crippen molar-refractivity contribution >= 4 is 17.8 Å². The van der Waals surface area contributed by atoms with Crippen LogP contribution in [-0.2, 0) is 14.3 Å². The van der Waals surface area contributed by atoms with Crippen LogP contribution in [0.1, 0.15) is 25.7 Å². The summed E-state index contributed by atoms with van der Waals surface area (Å²) >= 11 is 0. The summed E-state index contributed by atoms with van der Waals surface area (Å²) in [4.78, 5) is 36.3. The van der Waals surface area contributed by atoms with Gasteiger partial charge >= 0.3 is 6.03 Å². The lowest BCUT2D eigenvalue weighted by atomic mass is 9.90. The largest absolute Gasteiger partial charge is 0.381 e. The van der Waals surface area contributed by atoms with Crippen molar-refractivity contribution in [1.29, 1.82) is 0 Å². The van der Waals surface area contributed by atoms with E-state index in [0.29, 0.717) is 32.5 Å². The number of urea groups is 1. The van der Waals surface area contributed by atoms with Crippen LogP contribution in [0.15, 0.2) is 0 Å². The summed E-state index contributed by atoms with van der Waals surface area (Å²) in [6.45, 7) is 1.16. The van der Waals surface area contributed by atoms with Crippen molar-refractivity contribution in [3.8, 4) is 0 Å². The number of rotatable bonds is 4. The molecule has 0 bridgehead atoms. The lowest BCUT2D eigenvalue weighted by Crippen LogP contribution is -2.51. The van der Waals surface area contributed by atoms with Crippen LogP contribution in [0.25, 0.3) is 0 Å². The zero-order valence-corrected chi connectivity index (χ0v) is 10.6. The standard InChI is InChI=1S/C11H18N4O4/c12-14-8(16)2-1-5-15-9(17)11(13-10(15)18)3-6-19-7-4-11/h1-7,12H2,(H,13,18)(H,14,16). The summed E-state index contributed by atoms with van der Waals surface area (Å²) in [5.41, 5.74) is 1.21. The van der Waals surface area contributed by atoms with E-state index in [-0.39, 0.29) is 30.8 Å². The van der Waals surface area contributed by atoms with E-state index < -0.39 is 5.54 Å². The van der Waals surface area contributed by atoms with Gasteiger partial charge < -0.3 is 10.1 Å². The molecule has 0 radical (unpaired) electrons. The normalized spacial score (nSPS) is 21.6. The molecule has 8 nitrogen and oxygen atoms in total. The predicted molar refractivity (Wildman–Crippen MR) is 64.6 cm³/mol. The van der Waals surface area contributed by atoms with Crippen LogP contribution in [0.4, 0.5) is 4.79 Å². The third-order valence-corrected chi connectivity index (χ3v) is 3.54. The zero-order valence-electron chi connectivity index (χ0n) is 10.6. The quantitative estimate of drug-likeness (QED) is 0.258. The molecule has 0 aromatic carbocycles. The fourth-order valence-corrected chi connectivity index (χ4v) is 2.41. The fraction of sp³-hybridized carbons (Fsp3) is 0.727. The van der Waals surface area contributed by atoms with Gasteiger partial charge in [0, 0.05) is 39.0 Å². The van der Waals surface area contributed by atoms with Gasteiger partial charge in [0.25, 0.3) is 5.91 Å². The second kappa shape index (κ2) is 5.54. The molecule has 2 fully saturated rings. The molecule has 4 amide bonds. The van der Waals surface area contributed by atoms with Crippen LogP contribution >= 0.6 is 0 Å². The molecule has 106 valence electrons. The number of imide groups is 1. The lowest BCUT2D eigenvalue weighted by molar-refractivity contribution is -0.134. The van der Waals surface area contributed by atoms with Crippen LogP contribution in [0.3, 0.4) is 0 Å². The minimum Gasteiger partial charge on any atom is -0.381 e. The molecular weight excluding hydrogens is 252 g/mol. The van der Waals surface area contributed by atoms with Gasteiger partial charge in [-0.25, -0.2) is 10.6 Å². The van der Waals surface area contributed by atoms with E-state index >= 15 is 0 Å². The number of ether oxygens (including phenoxy) is 1. The SMILES string of the molecule is NNC(=O)CCCN1C(=O)NC2(CCOCC2)C1=O. The molecule has 0 aliphatic carbocycles. The number of carbonyl (C=O) groups is 3. The molecule has 0 aromatic heterocycles. The summed E-state index contributed by atoms with van der Waals surface area (Å²) in [6, 6.07) is -0.389. The molecule has 19 heavy (non-hydrogen) atoms. The van der Waals surface area contributed by atoms with Gasteiger partial charge in [0.05, 0.1) is 0 Å². The van der Waals surface area contributed by atoms with Gasteiger partial charge in [0.1, 0.15) is 5.54 Å². The summed E-state index contributed by atoms with van der Waals surface area (Å²) < 4.78 is 5.21. The van der Waals surface area contributed by atoms with E-state index in [2.05, 4.69) is 5.32 Å². The number of amides is 4. The fourth-order valence-electron chi connectivity index (χ4n) is 2.41. The highest BCUT2D eigenvalue weighted by Gasteiger charge is 2.51. The van der Waals surface area contributed by atoms with Crippen molar-refractivity contribution < 1.29 is 19.1 Å². The predicted octanol–water partition coefficient (Wildman–Crippen LogP) is -1.14. The van der Waals surface area contributed by atoms with E-state index in [4.69, 9.17) is 10.6 Å². The third-order valence-electron chi connectivity index (χ3n) is 3.54. The molecule has 2 rings (SSSR count). The Bertz CT molecular complexity index is 392. The van der Waals surface area contributed by atoms with E-state index in [0.717, 1.165) is 0 Å². The minimum atomic E-state index is -0.800. The lowest BCUT2D eigenvalue weighted by Gasteiger charge is -2.30. The Morgan fingerprint density at radius 2 is 2.11 bits per heavy atom. The molecule has 4 N–H and O–H groups in total. The number of nitrogens with one attached hydrogen (secondary N) is 2. The third kappa shape index (κ3) is 2.69. The first-order valence-electron chi connectivity index (χ1n) is 6.30. The van der Waals surface area contributed by atoms with Crippen LogP contribution < -0.4 is 16.6 Å². The number of hydrazine groups is 1. The first-order chi connectivity index (χ1) is 9.09. The monoisotopic (exact) mass is 270 g/mol. The first-order valence-corrected chi connectivity index (χ1v) is 6.30. The minimum absolute atomic E-state index is 0.184. The van der Waals surface area contributed by atoms with Crippen LogP contribution in [0.2, 0.25) is 0 Å². The van der Waals surface area contributed by atoms with Crippen molar-refractivity contribution in [1.82, 2.24) is 15.6 Å². The average molecular weight is 270 g/mol. The molecule has 0 aromatic rings. The highest BCUT2D eigenvalue weighted by atomic mass is 16.5. The summed E-state index contributed by atoms with van der Waals surface area (Å²) in [5, 5.41) is 2.75. The van der Waals surface area contributed by atoms with Crippen LogP contribution in [-0.4, -0.2) is 48.0 Å². The summed E-state index contributed by atoms with van der Waals surface area (Å²) in [5.74, 6) is 4.43. The van der Waals surface area contributed by atoms with Gasteiger partial charge in [-0.2, -0.15) is 0 Å². The maximum Gasteiger partial charge on any atom is 0.325 e. The number of nitrogens with zero attached hydrogens (tertiary/aromatic N) is 1. The van der Waals surface area contributed by atoms with Crippen molar-refractivity contribution in [2.75, 3.05) is 19.8 Å². The van der Waals surface area contributed by atoms with Gasteiger partial charge in [-0.1, -0.05) is 0 Å². The molecule has 2 saturated heterocycles. The average Bonchev–Trinajstić information content (AvgIpc) is 2.63. The molecular formula is C11H18N4O4. The molecule has 2 aliphatic heterocycles. The van der Waals surface area contributed by atoms with E-state index in [1.54, 1.807) is 0 Å². The second-order valence-corrected chi connectivity index (χ2v) is 4.75. The molecule has 0 atom stereocenters. The number of hydrogen-bond acceptors (Lipinski definition) is 5. The summed E-state index contributed by atoms with van der Waals surface area (Å²) in [6.07, 6.45) is 1.58. The molecule has 0 saturated carbocycles. The van der Waals surface area contributed by atoms with Gasteiger partial charge in [0.2, 0.25) is 5.91 Å². The van der Waals surface area contributed by atoms with Gasteiger partial charge in [-0.3, -0.25) is 19.9 Å². The smallest absolute Gasteiger partial charge is 0.325 e.